The van der Waals surface area contributed by atoms with Crippen molar-refractivity contribution in [2.45, 2.75) is 33.2 Å². The lowest BCUT2D eigenvalue weighted by Crippen LogP contribution is -2.34. The molecule has 5 nitrogen and oxygen atoms in total. The van der Waals surface area contributed by atoms with Gasteiger partial charge in [0.25, 0.3) is 0 Å². The fourth-order valence-corrected chi connectivity index (χ4v) is 1.84. The molecule has 0 radical (unpaired) electrons. The minimum atomic E-state index is -0.310. The van der Waals surface area contributed by atoms with Crippen LogP contribution in [0.1, 0.15) is 24.7 Å². The molecule has 0 saturated carbocycles. The number of benzene rings is 1. The van der Waals surface area contributed by atoms with Gasteiger partial charge < -0.3 is 15.2 Å². The fourth-order valence-electron chi connectivity index (χ4n) is 1.84. The lowest BCUT2D eigenvalue weighted by Gasteiger charge is -2.17. The van der Waals surface area contributed by atoms with Gasteiger partial charge >= 0.3 is 0 Å². The molecule has 1 atom stereocenters. The van der Waals surface area contributed by atoms with E-state index in [0.717, 1.165) is 5.69 Å². The van der Waals surface area contributed by atoms with E-state index in [-0.39, 0.29) is 11.9 Å². The van der Waals surface area contributed by atoms with Crippen LogP contribution >= 0.6 is 0 Å². The van der Waals surface area contributed by atoms with E-state index < -0.39 is 0 Å². The lowest BCUT2D eigenvalue weighted by molar-refractivity contribution is -0.117. The molecule has 2 rings (SSSR count). The van der Waals surface area contributed by atoms with Crippen LogP contribution in [0, 0.1) is 13.8 Å². The van der Waals surface area contributed by atoms with Crippen LogP contribution in [-0.4, -0.2) is 17.1 Å². The molecular formula is C15H19N3O2. The highest BCUT2D eigenvalue weighted by Gasteiger charge is 2.17. The lowest BCUT2D eigenvalue weighted by atomic mass is 10.1. The molecule has 1 aromatic carbocycles. The molecule has 0 unspecified atom stereocenters. The van der Waals surface area contributed by atoms with Crippen molar-refractivity contribution >= 4 is 17.4 Å². The van der Waals surface area contributed by atoms with E-state index in [1.165, 1.54) is 5.56 Å². The Morgan fingerprint density at radius 3 is 2.55 bits per heavy atom. The number of amides is 1. The summed E-state index contributed by atoms with van der Waals surface area (Å²) in [6.07, 6.45) is 0.677. The van der Waals surface area contributed by atoms with Gasteiger partial charge in [-0.3, -0.25) is 4.79 Å². The van der Waals surface area contributed by atoms with Crippen molar-refractivity contribution in [3.05, 3.63) is 41.7 Å². The van der Waals surface area contributed by atoms with Crippen molar-refractivity contribution in [2.24, 2.45) is 0 Å². The van der Waals surface area contributed by atoms with Crippen molar-refractivity contribution < 1.29 is 9.32 Å². The number of hydrogen-bond acceptors (Lipinski definition) is 4. The number of carbonyl (C=O) groups excluding carboxylic acids is 1. The zero-order chi connectivity index (χ0) is 14.5. The van der Waals surface area contributed by atoms with E-state index in [0.29, 0.717) is 18.0 Å². The Labute approximate surface area is 118 Å². The standard InChI is InChI=1S/C15H19N3O2/c1-4-13(16-12-7-5-10(2)6-8-12)15(19)17-14-9-11(3)20-18-14/h5-9,13,16H,4H2,1-3H3,(H,17,18,19)/t13-/m0/s1. The van der Waals surface area contributed by atoms with Gasteiger partial charge in [-0.15, -0.1) is 0 Å². The third kappa shape index (κ3) is 3.60. The van der Waals surface area contributed by atoms with E-state index in [4.69, 9.17) is 4.52 Å². The highest BCUT2D eigenvalue weighted by molar-refractivity contribution is 5.95. The molecule has 0 spiro atoms. The first-order chi connectivity index (χ1) is 9.58. The van der Waals surface area contributed by atoms with Crippen molar-refractivity contribution in [1.82, 2.24) is 5.16 Å². The normalized spacial score (nSPS) is 11.9. The third-order valence-corrected chi connectivity index (χ3v) is 3.00. The summed E-state index contributed by atoms with van der Waals surface area (Å²) in [6.45, 7) is 5.77. The maximum atomic E-state index is 12.2. The molecule has 2 aromatic rings. The molecule has 0 fully saturated rings. The van der Waals surface area contributed by atoms with Crippen LogP contribution in [0.25, 0.3) is 0 Å². The Morgan fingerprint density at radius 2 is 2.00 bits per heavy atom. The van der Waals surface area contributed by atoms with Crippen molar-refractivity contribution in [3.63, 3.8) is 0 Å². The summed E-state index contributed by atoms with van der Waals surface area (Å²) >= 11 is 0. The van der Waals surface area contributed by atoms with Crippen LogP contribution in [0.3, 0.4) is 0 Å². The Hall–Kier alpha value is -2.30. The Balaban J connectivity index is 2.00. The van der Waals surface area contributed by atoms with Crippen LogP contribution in [0.4, 0.5) is 11.5 Å². The number of nitrogens with one attached hydrogen (secondary N) is 2. The SMILES string of the molecule is CC[C@H](Nc1ccc(C)cc1)C(=O)Nc1cc(C)on1. The number of nitrogens with zero attached hydrogens (tertiary/aromatic N) is 1. The molecule has 0 aliphatic carbocycles. The van der Waals surface area contributed by atoms with E-state index in [1.54, 1.807) is 13.0 Å². The zero-order valence-electron chi connectivity index (χ0n) is 11.9. The monoisotopic (exact) mass is 273 g/mol. The average molecular weight is 273 g/mol. The maximum absolute atomic E-state index is 12.2. The number of aromatic nitrogens is 1. The highest BCUT2D eigenvalue weighted by atomic mass is 16.5. The third-order valence-electron chi connectivity index (χ3n) is 3.00. The molecule has 0 saturated heterocycles. The van der Waals surface area contributed by atoms with E-state index in [9.17, 15) is 4.79 Å². The van der Waals surface area contributed by atoms with Gasteiger partial charge in [-0.1, -0.05) is 29.8 Å². The smallest absolute Gasteiger partial charge is 0.248 e. The van der Waals surface area contributed by atoms with Gasteiger partial charge in [0, 0.05) is 11.8 Å². The van der Waals surface area contributed by atoms with Crippen LogP contribution in [0.15, 0.2) is 34.9 Å². The molecule has 20 heavy (non-hydrogen) atoms. The van der Waals surface area contributed by atoms with Crippen molar-refractivity contribution in [1.29, 1.82) is 0 Å². The molecule has 2 N–H and O–H groups in total. The predicted octanol–water partition coefficient (Wildman–Crippen LogP) is 3.12. The number of carbonyl (C=O) groups is 1. The first kappa shape index (κ1) is 14.1. The summed E-state index contributed by atoms with van der Waals surface area (Å²) in [5.74, 6) is 0.984. The molecular weight excluding hydrogens is 254 g/mol. The molecule has 0 bridgehead atoms. The summed E-state index contributed by atoms with van der Waals surface area (Å²) in [5.41, 5.74) is 2.11. The van der Waals surface area contributed by atoms with E-state index >= 15 is 0 Å². The molecule has 5 heteroatoms. The van der Waals surface area contributed by atoms with Gasteiger partial charge in [0.1, 0.15) is 11.8 Å². The van der Waals surface area contributed by atoms with Gasteiger partial charge in [-0.25, -0.2) is 0 Å². The first-order valence-corrected chi connectivity index (χ1v) is 6.66. The van der Waals surface area contributed by atoms with Crippen LogP contribution < -0.4 is 10.6 Å². The largest absolute Gasteiger partial charge is 0.374 e. The highest BCUT2D eigenvalue weighted by Crippen LogP contribution is 2.13. The van der Waals surface area contributed by atoms with Crippen LogP contribution in [0.2, 0.25) is 0 Å². The number of aryl methyl sites for hydroxylation is 2. The topological polar surface area (TPSA) is 67.2 Å². The van der Waals surface area contributed by atoms with Gasteiger partial charge in [-0.05, 0) is 32.4 Å². The van der Waals surface area contributed by atoms with Crippen LogP contribution in [0.5, 0.6) is 0 Å². The van der Waals surface area contributed by atoms with Crippen molar-refractivity contribution in [3.8, 4) is 0 Å². The zero-order valence-corrected chi connectivity index (χ0v) is 11.9. The molecule has 0 aliphatic heterocycles. The second-order valence-electron chi connectivity index (χ2n) is 4.78. The molecule has 1 aromatic heterocycles. The number of anilines is 2. The number of rotatable bonds is 5. The number of hydrogen-bond donors (Lipinski definition) is 2. The van der Waals surface area contributed by atoms with E-state index in [1.807, 2.05) is 38.1 Å². The molecule has 0 aliphatic rings. The summed E-state index contributed by atoms with van der Waals surface area (Å²) < 4.78 is 4.93. The fraction of sp³-hybridized carbons (Fsp3) is 0.333. The van der Waals surface area contributed by atoms with Gasteiger partial charge in [0.15, 0.2) is 5.82 Å². The summed E-state index contributed by atoms with van der Waals surface area (Å²) in [7, 11) is 0. The average Bonchev–Trinajstić information content (AvgIpc) is 2.83. The summed E-state index contributed by atoms with van der Waals surface area (Å²) in [5, 5.41) is 9.71. The molecule has 1 heterocycles. The summed E-state index contributed by atoms with van der Waals surface area (Å²) in [4.78, 5) is 12.2. The molecule has 1 amide bonds. The summed E-state index contributed by atoms with van der Waals surface area (Å²) in [6, 6.07) is 9.32. The Morgan fingerprint density at radius 1 is 1.30 bits per heavy atom. The quantitative estimate of drug-likeness (QED) is 0.878. The Bertz CT molecular complexity index is 575. The second-order valence-corrected chi connectivity index (χ2v) is 4.78. The van der Waals surface area contributed by atoms with Gasteiger partial charge in [0.05, 0.1) is 0 Å². The van der Waals surface area contributed by atoms with Gasteiger partial charge in [-0.2, -0.15) is 0 Å². The van der Waals surface area contributed by atoms with Crippen LogP contribution in [-0.2, 0) is 4.79 Å². The minimum Gasteiger partial charge on any atom is -0.374 e. The Kier molecular flexibility index (Phi) is 4.40. The molecule has 106 valence electrons. The first-order valence-electron chi connectivity index (χ1n) is 6.66. The second kappa shape index (κ2) is 6.23. The predicted molar refractivity (Wildman–Crippen MR) is 78.8 cm³/mol. The minimum absolute atomic E-state index is 0.124. The van der Waals surface area contributed by atoms with Crippen molar-refractivity contribution in [2.75, 3.05) is 10.6 Å². The van der Waals surface area contributed by atoms with Gasteiger partial charge in [0.2, 0.25) is 5.91 Å². The van der Waals surface area contributed by atoms with E-state index in [2.05, 4.69) is 15.8 Å². The maximum Gasteiger partial charge on any atom is 0.248 e.